The molecule has 0 amide bonds. The number of hydrogen-bond acceptors (Lipinski definition) is 12. The number of nitrogens with one attached hydrogen (secondary N) is 1. The molecule has 3 rings (SSSR count). The Morgan fingerprint density at radius 2 is 1.91 bits per heavy atom. The molecule has 182 valence electrons. The first-order valence-electron chi connectivity index (χ1n) is 8.54. The molecule has 1 aliphatic rings. The molecule has 33 heavy (non-hydrogen) atoms. The molecule has 2 unspecified atom stereocenters. The monoisotopic (exact) mass is 530 g/mol. The third-order valence-corrected chi connectivity index (χ3v) is 8.37. The van der Waals surface area contributed by atoms with Crippen molar-refractivity contribution >= 4 is 34.7 Å². The number of rotatable bonds is 8. The molecule has 0 aromatic carbocycles. The molecule has 0 bridgehead atoms. The van der Waals surface area contributed by atoms with Gasteiger partial charge in [0.05, 0.1) is 5.69 Å². The fourth-order valence-electron chi connectivity index (χ4n) is 3.10. The summed E-state index contributed by atoms with van der Waals surface area (Å²) in [6.07, 6.45) is -4.21. The number of hydrogen-bond donors (Lipinski definition) is 8. The van der Waals surface area contributed by atoms with E-state index in [9.17, 15) is 39.0 Å². The van der Waals surface area contributed by atoms with Crippen LogP contribution in [-0.2, 0) is 32.7 Å². The Morgan fingerprint density at radius 3 is 2.52 bits per heavy atom. The smallest absolute Gasteiger partial charge is 0.387 e. The number of ether oxygens (including phenoxy) is 1. The number of nitrogens with two attached hydrogens (primary N) is 1. The summed E-state index contributed by atoms with van der Waals surface area (Å²) in [5, 5.41) is 36.3. The van der Waals surface area contributed by atoms with E-state index in [4.69, 9.17) is 20.3 Å². The van der Waals surface area contributed by atoms with Crippen LogP contribution in [0, 0.1) is 11.3 Å². The summed E-state index contributed by atoms with van der Waals surface area (Å²) >= 11 is 0. The summed E-state index contributed by atoms with van der Waals surface area (Å²) in [6, 6.07) is 4.48. The molecule has 9 N–H and O–H groups in total. The summed E-state index contributed by atoms with van der Waals surface area (Å²) in [6.45, 7) is -0.841. The number of nitriles is 1. The van der Waals surface area contributed by atoms with Gasteiger partial charge in [-0.25, -0.2) is 28.3 Å². The van der Waals surface area contributed by atoms with Crippen LogP contribution in [-0.4, -0.2) is 69.2 Å². The van der Waals surface area contributed by atoms with Gasteiger partial charge in [-0.15, -0.1) is 0 Å². The van der Waals surface area contributed by atoms with Gasteiger partial charge in [0.15, 0.2) is 5.82 Å². The van der Waals surface area contributed by atoms with Crippen molar-refractivity contribution in [2.24, 2.45) is 0 Å². The average Bonchev–Trinajstić information content (AvgIpc) is 3.20. The maximum Gasteiger partial charge on any atom is 0.489 e. The minimum Gasteiger partial charge on any atom is -0.387 e. The zero-order valence-corrected chi connectivity index (χ0v) is 18.7. The van der Waals surface area contributed by atoms with Gasteiger partial charge in [0.2, 0.25) is 5.60 Å². The third-order valence-electron chi connectivity index (χ3n) is 4.40. The van der Waals surface area contributed by atoms with Crippen molar-refractivity contribution in [2.75, 3.05) is 12.3 Å². The van der Waals surface area contributed by atoms with Gasteiger partial charge in [-0.1, -0.05) is 0 Å². The van der Waals surface area contributed by atoms with Crippen LogP contribution in [0.3, 0.4) is 0 Å². The van der Waals surface area contributed by atoms with Crippen molar-refractivity contribution in [3.05, 3.63) is 24.2 Å². The molecule has 2 aromatic rings. The second-order valence-corrected chi connectivity index (χ2v) is 11.2. The largest absolute Gasteiger partial charge is 0.489 e. The standard InChI is InChI=1S/C12H17N6O12P3/c13-4-12(8-2-1-6-11(14)15-5-16-18(6)8)10(20)9(19)7(28-12)3-17-31(21,22)29-33(26,27)30-32(23,24)25/h1-2,5,7,9-10,19-20H,3H2,(H,26,27)(H2,14,15,16)(H2,17,21,22)(H2,23,24,25)/t7-,9-,10-,12+/m1/s1. The number of nitrogens with zero attached hydrogens (tertiary/aromatic N) is 4. The summed E-state index contributed by atoms with van der Waals surface area (Å²) in [7, 11) is -16.5. The molecule has 0 radical (unpaired) electrons. The number of anilines is 1. The first-order valence-corrected chi connectivity index (χ1v) is 13.1. The van der Waals surface area contributed by atoms with Gasteiger partial charge in [-0.2, -0.15) is 19.0 Å². The molecule has 0 saturated carbocycles. The van der Waals surface area contributed by atoms with Crippen molar-refractivity contribution < 1.29 is 56.8 Å². The van der Waals surface area contributed by atoms with Crippen LogP contribution in [0.25, 0.3) is 5.52 Å². The lowest BCUT2D eigenvalue weighted by Crippen LogP contribution is -2.41. The lowest BCUT2D eigenvalue weighted by atomic mass is 9.92. The summed E-state index contributed by atoms with van der Waals surface area (Å²) < 4.78 is 48.0. The van der Waals surface area contributed by atoms with Crippen LogP contribution >= 0.6 is 23.4 Å². The van der Waals surface area contributed by atoms with Crippen molar-refractivity contribution in [3.63, 3.8) is 0 Å². The predicted molar refractivity (Wildman–Crippen MR) is 103 cm³/mol. The van der Waals surface area contributed by atoms with Crippen molar-refractivity contribution in [1.29, 1.82) is 5.26 Å². The molecule has 0 spiro atoms. The zero-order valence-electron chi connectivity index (χ0n) is 16.0. The van der Waals surface area contributed by atoms with Gasteiger partial charge in [0.25, 0.3) is 0 Å². The van der Waals surface area contributed by atoms with Gasteiger partial charge >= 0.3 is 23.4 Å². The normalized spacial score (nSPS) is 29.4. The Labute approximate surface area is 183 Å². The number of aliphatic hydroxyl groups excluding tert-OH is 2. The van der Waals surface area contributed by atoms with E-state index >= 15 is 0 Å². The number of fused-ring (bicyclic) bond motifs is 1. The van der Waals surface area contributed by atoms with E-state index < -0.39 is 53.8 Å². The van der Waals surface area contributed by atoms with Crippen LogP contribution in [0.4, 0.5) is 5.82 Å². The van der Waals surface area contributed by atoms with E-state index in [0.717, 1.165) is 10.8 Å². The molecule has 18 nitrogen and oxygen atoms in total. The number of phosphoric acid groups is 2. The Morgan fingerprint density at radius 1 is 1.24 bits per heavy atom. The molecule has 2 aromatic heterocycles. The highest BCUT2D eigenvalue weighted by Gasteiger charge is 2.57. The van der Waals surface area contributed by atoms with Crippen molar-refractivity contribution in [2.45, 2.75) is 23.9 Å². The Hall–Kier alpha value is -1.80. The van der Waals surface area contributed by atoms with E-state index in [-0.39, 0.29) is 17.0 Å². The van der Waals surface area contributed by atoms with Crippen molar-refractivity contribution in [3.8, 4) is 6.07 Å². The van der Waals surface area contributed by atoms with Gasteiger partial charge < -0.3 is 40.3 Å². The zero-order chi connectivity index (χ0) is 24.8. The van der Waals surface area contributed by atoms with Gasteiger partial charge in [-0.05, 0) is 12.1 Å². The summed E-state index contributed by atoms with van der Waals surface area (Å²) in [4.78, 5) is 39.7. The number of aliphatic hydroxyl groups is 2. The first-order chi connectivity index (χ1) is 15.1. The molecule has 1 aliphatic heterocycles. The highest BCUT2D eigenvalue weighted by Crippen LogP contribution is 2.64. The summed E-state index contributed by atoms with van der Waals surface area (Å²) in [5.74, 6) is 0.0416. The number of aromatic nitrogens is 3. The maximum atomic E-state index is 12.0. The van der Waals surface area contributed by atoms with Gasteiger partial charge in [0.1, 0.15) is 36.2 Å². The third kappa shape index (κ3) is 5.32. The molecular formula is C12H17N6O12P3. The van der Waals surface area contributed by atoms with E-state index in [0.29, 0.717) is 0 Å². The molecule has 1 saturated heterocycles. The fraction of sp³-hybridized carbons (Fsp3) is 0.417. The van der Waals surface area contributed by atoms with Crippen LogP contribution in [0.5, 0.6) is 0 Å². The quantitative estimate of drug-likeness (QED) is 0.172. The van der Waals surface area contributed by atoms with Gasteiger partial charge in [-0.3, -0.25) is 0 Å². The van der Waals surface area contributed by atoms with Gasteiger partial charge in [0, 0.05) is 6.54 Å². The van der Waals surface area contributed by atoms with E-state index in [2.05, 4.69) is 18.7 Å². The molecule has 21 heteroatoms. The Bertz CT molecular complexity index is 1240. The molecule has 0 aliphatic carbocycles. The second-order valence-electron chi connectivity index (χ2n) is 6.61. The molecular weight excluding hydrogens is 513 g/mol. The topological polar surface area (TPSA) is 292 Å². The SMILES string of the molecule is N#C[C@@]1(c2ccc3c(N)ncnn23)O[C@H](CNP(=O)(O)OP(=O)(O)OP(=O)(O)O)[C@@H](O)[C@H]1O. The highest BCUT2D eigenvalue weighted by atomic mass is 31.3. The maximum absolute atomic E-state index is 12.0. The van der Waals surface area contributed by atoms with Crippen LogP contribution in [0.1, 0.15) is 5.69 Å². The highest BCUT2D eigenvalue weighted by molar-refractivity contribution is 7.67. The lowest BCUT2D eigenvalue weighted by molar-refractivity contribution is -0.0488. The van der Waals surface area contributed by atoms with E-state index in [1.165, 1.54) is 12.1 Å². The van der Waals surface area contributed by atoms with Crippen molar-refractivity contribution in [1.82, 2.24) is 19.7 Å². The van der Waals surface area contributed by atoms with E-state index in [1.54, 1.807) is 11.2 Å². The van der Waals surface area contributed by atoms with Crippen LogP contribution in [0.2, 0.25) is 0 Å². The predicted octanol–water partition coefficient (Wildman–Crippen LogP) is -1.93. The second kappa shape index (κ2) is 8.77. The molecule has 6 atom stereocenters. The number of nitrogen functional groups attached to an aromatic ring is 1. The average molecular weight is 530 g/mol. The first kappa shape index (κ1) is 25.8. The molecule has 1 fully saturated rings. The molecule has 3 heterocycles. The summed E-state index contributed by atoms with van der Waals surface area (Å²) in [5.41, 5.74) is 3.71. The minimum atomic E-state index is -5.70. The minimum absolute atomic E-state index is 0.0416. The van der Waals surface area contributed by atoms with Crippen LogP contribution < -0.4 is 10.8 Å². The lowest BCUT2D eigenvalue weighted by Gasteiger charge is -2.24. The fourth-order valence-corrected chi connectivity index (χ4v) is 6.33. The Balaban J connectivity index is 1.80. The van der Waals surface area contributed by atoms with Crippen LogP contribution in [0.15, 0.2) is 18.5 Å². The van der Waals surface area contributed by atoms with E-state index in [1.807, 2.05) is 0 Å². The Kier molecular flexibility index (Phi) is 6.86.